The van der Waals surface area contributed by atoms with Crippen LogP contribution in [0.15, 0.2) is 54.6 Å². The van der Waals surface area contributed by atoms with Gasteiger partial charge in [-0.1, -0.05) is 30.3 Å². The van der Waals surface area contributed by atoms with Crippen molar-refractivity contribution in [3.63, 3.8) is 0 Å². The molecule has 1 aliphatic rings. The number of likely N-dealkylation sites (N-methyl/N-ethyl adjacent to an activating group) is 1. The molecule has 27 heavy (non-hydrogen) atoms. The van der Waals surface area contributed by atoms with Gasteiger partial charge in [0.2, 0.25) is 5.91 Å². The predicted molar refractivity (Wildman–Crippen MR) is 107 cm³/mol. The highest BCUT2D eigenvalue weighted by Gasteiger charge is 2.32. The van der Waals surface area contributed by atoms with Gasteiger partial charge >= 0.3 is 0 Å². The Labute approximate surface area is 161 Å². The number of anilines is 1. The third-order valence-corrected chi connectivity index (χ3v) is 5.30. The summed E-state index contributed by atoms with van der Waals surface area (Å²) >= 11 is 0. The number of rotatable bonds is 6. The summed E-state index contributed by atoms with van der Waals surface area (Å²) in [6.45, 7) is 8.71. The van der Waals surface area contributed by atoms with Crippen molar-refractivity contribution >= 4 is 11.6 Å². The van der Waals surface area contributed by atoms with E-state index < -0.39 is 0 Å². The predicted octanol–water partition coefficient (Wildman–Crippen LogP) is 3.56. The van der Waals surface area contributed by atoms with Crippen LogP contribution in [0.2, 0.25) is 0 Å². The largest absolute Gasteiger partial charge is 0.369 e. The minimum atomic E-state index is -0.249. The Morgan fingerprint density at radius 2 is 1.56 bits per heavy atom. The lowest BCUT2D eigenvalue weighted by Crippen LogP contribution is -2.51. The van der Waals surface area contributed by atoms with Gasteiger partial charge in [-0.3, -0.25) is 9.69 Å². The van der Waals surface area contributed by atoms with Gasteiger partial charge in [-0.2, -0.15) is 0 Å². The van der Waals surface area contributed by atoms with Crippen LogP contribution in [0.25, 0.3) is 0 Å². The van der Waals surface area contributed by atoms with Crippen molar-refractivity contribution < 1.29 is 9.18 Å². The molecule has 1 heterocycles. The highest BCUT2D eigenvalue weighted by molar-refractivity contribution is 5.83. The van der Waals surface area contributed by atoms with Gasteiger partial charge in [-0.25, -0.2) is 4.39 Å². The van der Waals surface area contributed by atoms with Crippen LogP contribution in [0.3, 0.4) is 0 Å². The molecule has 2 aromatic carbocycles. The van der Waals surface area contributed by atoms with Crippen LogP contribution in [0, 0.1) is 5.82 Å². The molecule has 0 saturated carbocycles. The lowest BCUT2D eigenvalue weighted by Gasteiger charge is -2.41. The molecule has 1 amide bonds. The number of halogens is 1. The molecule has 1 atom stereocenters. The molecule has 1 saturated heterocycles. The molecule has 0 aliphatic carbocycles. The van der Waals surface area contributed by atoms with Crippen LogP contribution in [-0.4, -0.2) is 55.0 Å². The number of hydrogen-bond donors (Lipinski definition) is 0. The fourth-order valence-electron chi connectivity index (χ4n) is 3.74. The molecule has 1 unspecified atom stereocenters. The first-order chi connectivity index (χ1) is 13.1. The van der Waals surface area contributed by atoms with Crippen molar-refractivity contribution in [2.24, 2.45) is 0 Å². The quantitative estimate of drug-likeness (QED) is 0.779. The molecule has 0 aromatic heterocycles. The Morgan fingerprint density at radius 3 is 2.11 bits per heavy atom. The molecule has 1 fully saturated rings. The van der Waals surface area contributed by atoms with Gasteiger partial charge < -0.3 is 9.80 Å². The van der Waals surface area contributed by atoms with E-state index in [2.05, 4.69) is 9.80 Å². The van der Waals surface area contributed by atoms with Gasteiger partial charge in [0.25, 0.3) is 0 Å². The van der Waals surface area contributed by atoms with Gasteiger partial charge in [0.15, 0.2) is 0 Å². The zero-order chi connectivity index (χ0) is 19.2. The summed E-state index contributed by atoms with van der Waals surface area (Å²) < 4.78 is 13.2. The Bertz CT molecular complexity index is 723. The smallest absolute Gasteiger partial charge is 0.244 e. The van der Waals surface area contributed by atoms with E-state index in [-0.39, 0.29) is 17.8 Å². The molecule has 0 N–H and O–H groups in total. The summed E-state index contributed by atoms with van der Waals surface area (Å²) in [5.74, 6) is -0.0484. The lowest BCUT2D eigenvalue weighted by molar-refractivity contribution is -0.137. The van der Waals surface area contributed by atoms with Gasteiger partial charge in [0.05, 0.1) is 0 Å². The van der Waals surface area contributed by atoms with Gasteiger partial charge in [0.1, 0.15) is 11.9 Å². The molecular weight excluding hydrogens is 341 g/mol. The maximum absolute atomic E-state index is 13.2. The molecule has 0 spiro atoms. The molecule has 5 heteroatoms. The maximum atomic E-state index is 13.2. The Morgan fingerprint density at radius 1 is 0.963 bits per heavy atom. The van der Waals surface area contributed by atoms with Gasteiger partial charge in [0, 0.05) is 45.0 Å². The van der Waals surface area contributed by atoms with Crippen LogP contribution in [-0.2, 0) is 4.79 Å². The fraction of sp³-hybridized carbons (Fsp3) is 0.409. The number of amides is 1. The van der Waals surface area contributed by atoms with Crippen molar-refractivity contribution in [3.05, 3.63) is 66.0 Å². The minimum Gasteiger partial charge on any atom is -0.369 e. The highest BCUT2D eigenvalue weighted by atomic mass is 19.1. The van der Waals surface area contributed by atoms with Crippen LogP contribution in [0.4, 0.5) is 10.1 Å². The fourth-order valence-corrected chi connectivity index (χ4v) is 3.74. The second-order valence-electron chi connectivity index (χ2n) is 6.82. The van der Waals surface area contributed by atoms with E-state index in [1.54, 1.807) is 0 Å². The Hall–Kier alpha value is -2.40. The maximum Gasteiger partial charge on any atom is 0.244 e. The van der Waals surface area contributed by atoms with E-state index in [1.807, 2.05) is 61.2 Å². The van der Waals surface area contributed by atoms with Crippen molar-refractivity contribution in [1.82, 2.24) is 9.80 Å². The van der Waals surface area contributed by atoms with Gasteiger partial charge in [-0.05, 0) is 43.7 Å². The molecule has 3 rings (SSSR count). The van der Waals surface area contributed by atoms with Crippen LogP contribution in [0.5, 0.6) is 0 Å². The molecule has 1 aliphatic heterocycles. The van der Waals surface area contributed by atoms with E-state index in [9.17, 15) is 9.18 Å². The third-order valence-electron chi connectivity index (χ3n) is 5.30. The van der Waals surface area contributed by atoms with Crippen molar-refractivity contribution in [2.45, 2.75) is 19.9 Å². The first-order valence-electron chi connectivity index (χ1n) is 9.72. The van der Waals surface area contributed by atoms with E-state index in [1.165, 1.54) is 12.1 Å². The normalized spacial score (nSPS) is 16.2. The zero-order valence-electron chi connectivity index (χ0n) is 16.1. The third kappa shape index (κ3) is 4.48. The van der Waals surface area contributed by atoms with Gasteiger partial charge in [-0.15, -0.1) is 0 Å². The highest BCUT2D eigenvalue weighted by Crippen LogP contribution is 2.26. The second-order valence-corrected chi connectivity index (χ2v) is 6.82. The molecule has 4 nitrogen and oxygen atoms in total. The standard InChI is InChI=1S/C22H28FN3O/c1-3-24(4-2)22(27)21(18-8-6-5-7-9-18)26-16-14-25(15-17-26)20-12-10-19(23)11-13-20/h5-13,21H,3-4,14-17H2,1-2H3. The van der Waals surface area contributed by atoms with E-state index in [0.29, 0.717) is 13.1 Å². The summed E-state index contributed by atoms with van der Waals surface area (Å²) in [5, 5.41) is 0. The Balaban J connectivity index is 1.76. The van der Waals surface area contributed by atoms with Crippen LogP contribution >= 0.6 is 0 Å². The summed E-state index contributed by atoms with van der Waals surface area (Å²) in [5.41, 5.74) is 2.08. The number of carbonyl (C=O) groups excluding carboxylic acids is 1. The van der Waals surface area contributed by atoms with E-state index in [0.717, 1.165) is 37.4 Å². The number of carbonyl (C=O) groups is 1. The van der Waals surface area contributed by atoms with Crippen molar-refractivity contribution in [3.8, 4) is 0 Å². The Kier molecular flexibility index (Phi) is 6.45. The average molecular weight is 369 g/mol. The number of nitrogens with zero attached hydrogens (tertiary/aromatic N) is 3. The molecule has 0 radical (unpaired) electrons. The van der Waals surface area contributed by atoms with E-state index >= 15 is 0 Å². The van der Waals surface area contributed by atoms with Crippen LogP contribution < -0.4 is 4.90 Å². The monoisotopic (exact) mass is 369 g/mol. The van der Waals surface area contributed by atoms with E-state index in [4.69, 9.17) is 0 Å². The first-order valence-corrected chi connectivity index (χ1v) is 9.72. The summed E-state index contributed by atoms with van der Waals surface area (Å²) in [6.07, 6.45) is 0. The van der Waals surface area contributed by atoms with Crippen molar-refractivity contribution in [2.75, 3.05) is 44.2 Å². The lowest BCUT2D eigenvalue weighted by atomic mass is 10.0. The topological polar surface area (TPSA) is 26.8 Å². The number of piperazine rings is 1. The molecular formula is C22H28FN3O. The number of benzene rings is 2. The summed E-state index contributed by atoms with van der Waals surface area (Å²) in [6, 6.07) is 16.4. The van der Waals surface area contributed by atoms with Crippen molar-refractivity contribution in [1.29, 1.82) is 0 Å². The zero-order valence-corrected chi connectivity index (χ0v) is 16.1. The first kappa shape index (κ1) is 19.4. The summed E-state index contributed by atoms with van der Waals surface area (Å²) in [4.78, 5) is 19.7. The molecule has 144 valence electrons. The average Bonchev–Trinajstić information content (AvgIpc) is 2.71. The van der Waals surface area contributed by atoms with Crippen LogP contribution in [0.1, 0.15) is 25.5 Å². The molecule has 0 bridgehead atoms. The SMILES string of the molecule is CCN(CC)C(=O)C(c1ccccc1)N1CCN(c2ccc(F)cc2)CC1. The summed E-state index contributed by atoms with van der Waals surface area (Å²) in [7, 11) is 0. The molecule has 2 aromatic rings. The number of hydrogen-bond acceptors (Lipinski definition) is 3. The second kappa shape index (κ2) is 9.00. The minimum absolute atomic E-state index is 0.168.